The van der Waals surface area contributed by atoms with E-state index < -0.39 is 5.54 Å². The summed E-state index contributed by atoms with van der Waals surface area (Å²) in [4.78, 5) is 13.8. The Labute approximate surface area is 102 Å². The number of hydrogen-bond donors (Lipinski definition) is 2. The largest absolute Gasteiger partial charge is 0.373 e. The first-order valence-corrected chi connectivity index (χ1v) is 6.38. The average Bonchev–Trinajstić information content (AvgIpc) is 2.97. The van der Waals surface area contributed by atoms with Crippen molar-refractivity contribution < 1.29 is 9.53 Å². The molecule has 17 heavy (non-hydrogen) atoms. The molecule has 4 N–H and O–H groups in total. The highest BCUT2D eigenvalue weighted by molar-refractivity contribution is 5.85. The number of carbonyl (C=O) groups excluding carboxylic acids is 1. The molecule has 1 aliphatic heterocycles. The molecule has 2 aliphatic rings. The van der Waals surface area contributed by atoms with Crippen LogP contribution in [-0.2, 0) is 9.53 Å². The van der Waals surface area contributed by atoms with Crippen molar-refractivity contribution >= 4 is 5.91 Å². The van der Waals surface area contributed by atoms with Crippen molar-refractivity contribution in [1.29, 1.82) is 0 Å². The van der Waals surface area contributed by atoms with Crippen LogP contribution in [0.25, 0.3) is 0 Å². The van der Waals surface area contributed by atoms with Crippen molar-refractivity contribution in [2.24, 2.45) is 17.4 Å². The van der Waals surface area contributed by atoms with Gasteiger partial charge in [0.25, 0.3) is 0 Å². The van der Waals surface area contributed by atoms with Crippen LogP contribution in [0.15, 0.2) is 0 Å². The molecule has 1 saturated heterocycles. The molecule has 2 fully saturated rings. The second-order valence-electron chi connectivity index (χ2n) is 5.63. The second kappa shape index (κ2) is 4.55. The fourth-order valence-corrected chi connectivity index (χ4v) is 2.79. The Morgan fingerprint density at radius 3 is 2.29 bits per heavy atom. The normalized spacial score (nSPS) is 34.3. The van der Waals surface area contributed by atoms with Crippen LogP contribution in [0.4, 0.5) is 0 Å². The molecule has 0 spiro atoms. The third-order valence-electron chi connectivity index (χ3n) is 3.75. The molecule has 2 rings (SSSR count). The van der Waals surface area contributed by atoms with Crippen LogP contribution >= 0.6 is 0 Å². The summed E-state index contributed by atoms with van der Waals surface area (Å²) in [7, 11) is 0. The van der Waals surface area contributed by atoms with E-state index >= 15 is 0 Å². The Kier molecular flexibility index (Phi) is 3.43. The number of primary amides is 1. The zero-order valence-corrected chi connectivity index (χ0v) is 10.7. The van der Waals surface area contributed by atoms with E-state index in [0.717, 1.165) is 25.9 Å². The Morgan fingerprint density at radius 2 is 1.88 bits per heavy atom. The van der Waals surface area contributed by atoms with Crippen LogP contribution in [0, 0.1) is 5.92 Å². The molecule has 3 atom stereocenters. The summed E-state index contributed by atoms with van der Waals surface area (Å²) in [5.74, 6) is -0.0970. The fourth-order valence-electron chi connectivity index (χ4n) is 2.79. The van der Waals surface area contributed by atoms with Crippen molar-refractivity contribution in [3.63, 3.8) is 0 Å². The molecular weight excluding hydrogens is 218 g/mol. The van der Waals surface area contributed by atoms with Crippen LogP contribution in [0.3, 0.4) is 0 Å². The van der Waals surface area contributed by atoms with Gasteiger partial charge in [0.2, 0.25) is 5.91 Å². The molecule has 1 saturated carbocycles. The lowest BCUT2D eigenvalue weighted by molar-refractivity contribution is -0.126. The Balaban J connectivity index is 2.00. The van der Waals surface area contributed by atoms with Gasteiger partial charge in [-0.1, -0.05) is 0 Å². The van der Waals surface area contributed by atoms with Crippen molar-refractivity contribution in [2.45, 2.75) is 44.4 Å². The highest BCUT2D eigenvalue weighted by Gasteiger charge is 2.48. The van der Waals surface area contributed by atoms with Gasteiger partial charge >= 0.3 is 0 Å². The van der Waals surface area contributed by atoms with Crippen molar-refractivity contribution in [2.75, 3.05) is 19.6 Å². The highest BCUT2D eigenvalue weighted by Crippen LogP contribution is 2.38. The van der Waals surface area contributed by atoms with Crippen LogP contribution < -0.4 is 11.5 Å². The van der Waals surface area contributed by atoms with Crippen molar-refractivity contribution in [1.82, 2.24) is 4.90 Å². The van der Waals surface area contributed by atoms with Gasteiger partial charge in [0.05, 0.1) is 12.2 Å². The lowest BCUT2D eigenvalue weighted by atomic mass is 9.92. The summed E-state index contributed by atoms with van der Waals surface area (Å²) >= 11 is 0. The maximum Gasteiger partial charge on any atom is 0.239 e. The van der Waals surface area contributed by atoms with E-state index in [4.69, 9.17) is 16.2 Å². The number of rotatable bonds is 4. The Morgan fingerprint density at radius 1 is 1.35 bits per heavy atom. The van der Waals surface area contributed by atoms with Gasteiger partial charge in [-0.25, -0.2) is 0 Å². The fraction of sp³-hybridized carbons (Fsp3) is 0.917. The lowest BCUT2D eigenvalue weighted by Crippen LogP contribution is -2.62. The molecule has 0 aromatic rings. The predicted octanol–water partition coefficient (Wildman–Crippen LogP) is -0.312. The second-order valence-corrected chi connectivity index (χ2v) is 5.63. The maximum absolute atomic E-state index is 11.6. The van der Waals surface area contributed by atoms with Gasteiger partial charge in [-0.3, -0.25) is 9.69 Å². The number of morpholine rings is 1. The Hall–Kier alpha value is -0.650. The molecule has 98 valence electrons. The molecule has 1 amide bonds. The molecule has 0 radical (unpaired) electrons. The van der Waals surface area contributed by atoms with E-state index in [1.807, 2.05) is 13.8 Å². The van der Waals surface area contributed by atoms with Gasteiger partial charge in [-0.05, 0) is 32.6 Å². The summed E-state index contributed by atoms with van der Waals surface area (Å²) in [5.41, 5.74) is 10.8. The number of hydrogen-bond acceptors (Lipinski definition) is 4. The number of carbonyl (C=O) groups is 1. The standard InChI is InChI=1S/C12H23N3O2/c1-8-5-15(6-9(2)17-8)7-12(14,11(13)16)10-3-4-10/h8-10H,3-7,14H2,1-2H3,(H2,13,16)/t8-,9+,12?. The minimum atomic E-state index is -0.850. The highest BCUT2D eigenvalue weighted by atomic mass is 16.5. The first kappa shape index (κ1) is 12.8. The zero-order valence-electron chi connectivity index (χ0n) is 10.7. The van der Waals surface area contributed by atoms with Gasteiger partial charge in [0.15, 0.2) is 0 Å². The number of nitrogens with two attached hydrogens (primary N) is 2. The lowest BCUT2D eigenvalue weighted by Gasteiger charge is -2.39. The number of nitrogens with zero attached hydrogens (tertiary/aromatic N) is 1. The molecule has 5 heteroatoms. The van der Waals surface area contributed by atoms with E-state index in [1.54, 1.807) is 0 Å². The van der Waals surface area contributed by atoms with Gasteiger partial charge in [0.1, 0.15) is 5.54 Å². The van der Waals surface area contributed by atoms with Gasteiger partial charge in [-0.15, -0.1) is 0 Å². The van der Waals surface area contributed by atoms with Crippen LogP contribution in [0.2, 0.25) is 0 Å². The molecule has 5 nitrogen and oxygen atoms in total. The van der Waals surface area contributed by atoms with Crippen molar-refractivity contribution in [3.8, 4) is 0 Å². The SMILES string of the molecule is C[C@@H]1CN(CC(N)(C(N)=O)C2CC2)C[C@H](C)O1. The summed E-state index contributed by atoms with van der Waals surface area (Å²) in [5, 5.41) is 0. The maximum atomic E-state index is 11.6. The zero-order chi connectivity index (χ0) is 12.6. The average molecular weight is 241 g/mol. The van der Waals surface area contributed by atoms with E-state index in [2.05, 4.69) is 4.90 Å². The predicted molar refractivity (Wildman–Crippen MR) is 65.3 cm³/mol. The first-order valence-electron chi connectivity index (χ1n) is 6.38. The third-order valence-corrected chi connectivity index (χ3v) is 3.75. The van der Waals surface area contributed by atoms with E-state index in [0.29, 0.717) is 6.54 Å². The van der Waals surface area contributed by atoms with Gasteiger partial charge < -0.3 is 16.2 Å². The minimum Gasteiger partial charge on any atom is -0.373 e. The summed E-state index contributed by atoms with van der Waals surface area (Å²) in [6, 6.07) is 0. The quantitative estimate of drug-likeness (QED) is 0.707. The van der Waals surface area contributed by atoms with Crippen LogP contribution in [0.1, 0.15) is 26.7 Å². The minimum absolute atomic E-state index is 0.190. The summed E-state index contributed by atoms with van der Waals surface area (Å²) in [6.45, 7) is 6.29. The molecule has 0 bridgehead atoms. The summed E-state index contributed by atoms with van der Waals surface area (Å²) in [6.07, 6.45) is 2.43. The molecule has 0 aromatic carbocycles. The van der Waals surface area contributed by atoms with E-state index in [9.17, 15) is 4.79 Å². The topological polar surface area (TPSA) is 81.6 Å². The monoisotopic (exact) mass is 241 g/mol. The number of amides is 1. The first-order chi connectivity index (χ1) is 7.91. The van der Waals surface area contributed by atoms with Gasteiger partial charge in [-0.2, -0.15) is 0 Å². The molecule has 1 heterocycles. The molecule has 1 unspecified atom stereocenters. The van der Waals surface area contributed by atoms with E-state index in [1.165, 1.54) is 0 Å². The summed E-state index contributed by atoms with van der Waals surface area (Å²) < 4.78 is 5.67. The van der Waals surface area contributed by atoms with Crippen LogP contribution in [0.5, 0.6) is 0 Å². The Bertz CT molecular complexity index is 296. The smallest absolute Gasteiger partial charge is 0.239 e. The number of ether oxygens (including phenoxy) is 1. The molecule has 1 aliphatic carbocycles. The van der Waals surface area contributed by atoms with Crippen LogP contribution in [-0.4, -0.2) is 48.2 Å². The van der Waals surface area contributed by atoms with Gasteiger partial charge in [0, 0.05) is 19.6 Å². The molecular formula is C12H23N3O2. The van der Waals surface area contributed by atoms with E-state index in [-0.39, 0.29) is 24.0 Å². The van der Waals surface area contributed by atoms with Crippen molar-refractivity contribution in [3.05, 3.63) is 0 Å². The molecule has 0 aromatic heterocycles. The third kappa shape index (κ3) is 2.78.